The largest absolute Gasteiger partial charge is 0.467 e. The van der Waals surface area contributed by atoms with Gasteiger partial charge in [0, 0.05) is 9.81 Å². The second kappa shape index (κ2) is 24.9. The van der Waals surface area contributed by atoms with Crippen molar-refractivity contribution in [1.29, 1.82) is 0 Å². The monoisotopic (exact) mass is 1010 g/mol. The van der Waals surface area contributed by atoms with Crippen LogP contribution in [0.15, 0.2) is 162 Å². The number of hydrogen-bond donors (Lipinski definition) is 0. The van der Waals surface area contributed by atoms with Gasteiger partial charge in [-0.3, -0.25) is 0 Å². The number of azide groups is 1. The molecule has 10 atom stereocenters. The van der Waals surface area contributed by atoms with E-state index in [0.717, 1.165) is 11.1 Å². The lowest BCUT2D eigenvalue weighted by atomic mass is 9.95. The van der Waals surface area contributed by atoms with E-state index in [1.54, 1.807) is 54.6 Å². The molecule has 2 aliphatic heterocycles. The van der Waals surface area contributed by atoms with Gasteiger partial charge in [0.15, 0.2) is 24.6 Å². The summed E-state index contributed by atoms with van der Waals surface area (Å²) in [6, 6.07) is 43.5. The highest BCUT2D eigenvalue weighted by Crippen LogP contribution is 2.41. The van der Waals surface area contributed by atoms with E-state index in [2.05, 4.69) is 10.0 Å². The molecule has 0 aliphatic carbocycles. The van der Waals surface area contributed by atoms with Gasteiger partial charge in [-0.2, -0.15) is 0 Å². The van der Waals surface area contributed by atoms with E-state index in [1.807, 2.05) is 97.1 Å². The molecule has 0 radical (unpaired) electrons. The van der Waals surface area contributed by atoms with Crippen molar-refractivity contribution in [3.05, 3.63) is 184 Å². The summed E-state index contributed by atoms with van der Waals surface area (Å²) in [6.45, 7) is -0.327. The van der Waals surface area contributed by atoms with E-state index in [-0.39, 0.29) is 32.0 Å². The highest BCUT2D eigenvalue weighted by Gasteiger charge is 2.57. The lowest BCUT2D eigenvalue weighted by Crippen LogP contribution is -2.66. The number of methoxy groups -OCH3 is 1. The third-order valence-corrected chi connectivity index (χ3v) is 12.3. The quantitative estimate of drug-likeness (QED) is 0.0191. The summed E-state index contributed by atoms with van der Waals surface area (Å²) in [6.07, 6.45) is -11.5. The first kappa shape index (κ1) is 50.7. The smallest absolute Gasteiger partial charge is 0.359 e. The molecule has 2 aliphatic rings. The zero-order valence-corrected chi connectivity index (χ0v) is 39.4. The Morgan fingerprint density at radius 1 is 0.662 bits per heavy atom. The highest BCUT2D eigenvalue weighted by atomic mass is 35.6. The molecule has 0 aromatic heterocycles. The zero-order chi connectivity index (χ0) is 47.9. The molecule has 2 saturated heterocycles. The number of hydrogen-bond acceptors (Lipinski definition) is 14. The van der Waals surface area contributed by atoms with E-state index in [4.69, 9.17) is 77.4 Å². The van der Waals surface area contributed by atoms with Crippen LogP contribution in [-0.4, -0.2) is 95.9 Å². The maximum Gasteiger partial charge on any atom is 0.359 e. The van der Waals surface area contributed by atoms with Crippen molar-refractivity contribution in [2.24, 2.45) is 5.11 Å². The van der Waals surface area contributed by atoms with Crippen molar-refractivity contribution in [2.45, 2.75) is 89.0 Å². The Morgan fingerprint density at radius 2 is 1.19 bits per heavy atom. The maximum atomic E-state index is 14.1. The van der Waals surface area contributed by atoms with Gasteiger partial charge in [-0.05, 0) is 46.5 Å². The fraction of sp³-hybridized carbons (Fsp3) is 0.327. The van der Waals surface area contributed by atoms with Gasteiger partial charge < -0.3 is 42.6 Å². The molecule has 2 fully saturated rings. The molecule has 19 heteroatoms. The molecular formula is C49H46Cl3N3O12S. The third-order valence-electron chi connectivity index (χ3n) is 10.7. The fourth-order valence-electron chi connectivity index (χ4n) is 7.47. The Morgan fingerprint density at radius 3 is 1.74 bits per heavy atom. The van der Waals surface area contributed by atoms with E-state index in [1.165, 1.54) is 18.9 Å². The first-order chi connectivity index (χ1) is 33.0. The number of carbonyl (C=O) groups excluding carboxylic acids is 3. The predicted molar refractivity (Wildman–Crippen MR) is 251 cm³/mol. The van der Waals surface area contributed by atoms with E-state index in [0.29, 0.717) is 10.5 Å². The average molecular weight is 1010 g/mol. The summed E-state index contributed by atoms with van der Waals surface area (Å²) in [5.74, 6) is -2.87. The number of alkyl halides is 3. The Kier molecular flexibility index (Phi) is 18.5. The van der Waals surface area contributed by atoms with Gasteiger partial charge in [0.2, 0.25) is 0 Å². The second-order valence-electron chi connectivity index (χ2n) is 15.3. The molecule has 68 heavy (non-hydrogen) atoms. The van der Waals surface area contributed by atoms with Crippen molar-refractivity contribution in [1.82, 2.24) is 0 Å². The molecule has 0 amide bonds. The number of benzene rings is 5. The number of esters is 3. The topological polar surface area (TPSA) is 183 Å². The standard InChI is InChI=1S/C49H46Cl3N3O12S/c1-59-45(57)42-41(40(62-29-33-21-11-4-12-22-33)43(64-44(56)34-23-13-5-14-24-34)47(66-42)68-35-25-15-6-16-26-35)65-46-37(54-55-53)39(61-28-32-19-9-3-10-20-32)38(67-48(58)49(50,51)52)36(63-46)30-60-27-31-17-7-2-8-18-31/h2-26,36-43,46-47H,27-30H2,1H3/t36-,37-,38-,39-,40+,41+,42-,43-,46-,47+/m1/s1. The second-order valence-corrected chi connectivity index (χ2v) is 18.8. The maximum absolute atomic E-state index is 14.1. The van der Waals surface area contributed by atoms with Gasteiger partial charge in [-0.1, -0.05) is 179 Å². The van der Waals surface area contributed by atoms with Crippen molar-refractivity contribution in [3.8, 4) is 0 Å². The van der Waals surface area contributed by atoms with E-state index < -0.39 is 82.2 Å². The van der Waals surface area contributed by atoms with Crippen molar-refractivity contribution < 1.29 is 57.0 Å². The summed E-state index contributed by atoms with van der Waals surface area (Å²) < 4.78 is 54.4. The summed E-state index contributed by atoms with van der Waals surface area (Å²) >= 11 is 19.3. The van der Waals surface area contributed by atoms with Crippen LogP contribution < -0.4 is 0 Å². The van der Waals surface area contributed by atoms with Crippen LogP contribution in [0.25, 0.3) is 10.4 Å². The van der Waals surface area contributed by atoms with Crippen LogP contribution in [0.1, 0.15) is 27.0 Å². The summed E-state index contributed by atoms with van der Waals surface area (Å²) in [5, 5.41) is 4.08. The molecule has 15 nitrogen and oxygen atoms in total. The number of thioether (sulfide) groups is 1. The average Bonchev–Trinajstić information content (AvgIpc) is 3.36. The normalized spacial score (nSPS) is 24.8. The van der Waals surface area contributed by atoms with Crippen LogP contribution in [0.2, 0.25) is 0 Å². The fourth-order valence-corrected chi connectivity index (χ4v) is 8.71. The molecule has 356 valence electrons. The summed E-state index contributed by atoms with van der Waals surface area (Å²) in [4.78, 5) is 45.3. The Labute approximate surface area is 411 Å². The Balaban J connectivity index is 1.32. The molecule has 0 spiro atoms. The van der Waals surface area contributed by atoms with Gasteiger partial charge in [-0.15, -0.1) is 0 Å². The van der Waals surface area contributed by atoms with Crippen LogP contribution in [0, 0.1) is 0 Å². The number of carbonyl (C=O) groups is 3. The van der Waals surface area contributed by atoms with Crippen molar-refractivity contribution >= 4 is 64.5 Å². The van der Waals surface area contributed by atoms with Gasteiger partial charge >= 0.3 is 17.9 Å². The first-order valence-electron chi connectivity index (χ1n) is 21.3. The first-order valence-corrected chi connectivity index (χ1v) is 23.3. The Bertz CT molecular complexity index is 2430. The number of halogens is 3. The zero-order valence-electron chi connectivity index (χ0n) is 36.3. The molecule has 0 unspecified atom stereocenters. The van der Waals surface area contributed by atoms with Crippen LogP contribution in [0.4, 0.5) is 0 Å². The highest BCUT2D eigenvalue weighted by molar-refractivity contribution is 7.99. The molecule has 7 rings (SSSR count). The molecule has 5 aromatic carbocycles. The van der Waals surface area contributed by atoms with Crippen LogP contribution in [0.5, 0.6) is 0 Å². The lowest BCUT2D eigenvalue weighted by molar-refractivity contribution is -0.321. The summed E-state index contributed by atoms with van der Waals surface area (Å²) in [7, 11) is 1.18. The molecule has 0 saturated carbocycles. The minimum absolute atomic E-state index is 0.0551. The van der Waals surface area contributed by atoms with Crippen LogP contribution in [-0.2, 0) is 72.0 Å². The van der Waals surface area contributed by atoms with E-state index >= 15 is 0 Å². The molecule has 2 heterocycles. The molecule has 0 bridgehead atoms. The van der Waals surface area contributed by atoms with Crippen LogP contribution in [0.3, 0.4) is 0 Å². The number of rotatable bonds is 19. The predicted octanol–water partition coefficient (Wildman–Crippen LogP) is 9.36. The Hall–Kier alpha value is -5.20. The van der Waals surface area contributed by atoms with Crippen molar-refractivity contribution in [2.75, 3.05) is 13.7 Å². The summed E-state index contributed by atoms with van der Waals surface area (Å²) in [5.41, 5.74) is 11.5. The van der Waals surface area contributed by atoms with Gasteiger partial charge in [0.05, 0.1) is 39.1 Å². The molecule has 0 N–H and O–H groups in total. The van der Waals surface area contributed by atoms with E-state index in [9.17, 15) is 19.9 Å². The van der Waals surface area contributed by atoms with Gasteiger partial charge in [0.25, 0.3) is 3.79 Å². The lowest BCUT2D eigenvalue weighted by Gasteiger charge is -2.48. The third kappa shape index (κ3) is 13.7. The molecular weight excluding hydrogens is 961 g/mol. The minimum Gasteiger partial charge on any atom is -0.467 e. The van der Waals surface area contributed by atoms with Gasteiger partial charge in [0.1, 0.15) is 35.9 Å². The number of ether oxygens (including phenoxy) is 9. The minimum atomic E-state index is -2.54. The SMILES string of the molecule is COC(=O)[C@@H]1O[C@@H](Sc2ccccc2)[C@H](OC(=O)c2ccccc2)[C@@H](OCc2ccccc2)[C@@H]1O[C@H]1O[C@H](COCc2ccccc2)[C@@H](OC(=O)C(Cl)(Cl)Cl)[C@H](OCc2ccccc2)[C@H]1N=[N+]=[N-]. The van der Waals surface area contributed by atoms with Gasteiger partial charge in [-0.25, -0.2) is 14.4 Å². The van der Waals surface area contributed by atoms with Crippen LogP contribution >= 0.6 is 46.6 Å². The van der Waals surface area contributed by atoms with Crippen molar-refractivity contribution in [3.63, 3.8) is 0 Å². The molecule has 5 aromatic rings. The number of nitrogens with zero attached hydrogens (tertiary/aromatic N) is 3.